The third kappa shape index (κ3) is 4.17. The van der Waals surface area contributed by atoms with Crippen molar-refractivity contribution >= 4 is 17.4 Å². The Kier molecular flexibility index (Phi) is 5.90. The highest BCUT2D eigenvalue weighted by atomic mass is 35.5. The number of anilines is 1. The number of nitrogens with zero attached hydrogens (tertiary/aromatic N) is 3. The fraction of sp³-hybridized carbons (Fsp3) is 0.538. The lowest BCUT2D eigenvalue weighted by molar-refractivity contribution is 0.215. The third-order valence-corrected chi connectivity index (χ3v) is 3.11. The van der Waals surface area contributed by atoms with E-state index in [0.717, 1.165) is 18.1 Å². The summed E-state index contributed by atoms with van der Waals surface area (Å²) in [4.78, 5) is 6.64. The van der Waals surface area contributed by atoms with Crippen molar-refractivity contribution in [3.8, 4) is 6.07 Å². The molecule has 0 aromatic carbocycles. The molecule has 1 heterocycles. The van der Waals surface area contributed by atoms with Crippen LogP contribution in [0.2, 0.25) is 5.02 Å². The van der Waals surface area contributed by atoms with Gasteiger partial charge in [0.15, 0.2) is 0 Å². The van der Waals surface area contributed by atoms with Crippen LogP contribution in [0.3, 0.4) is 0 Å². The zero-order chi connectivity index (χ0) is 13.5. The van der Waals surface area contributed by atoms with E-state index in [1.165, 1.54) is 0 Å². The predicted octanol–water partition coefficient (Wildman–Crippen LogP) is 2.90. The van der Waals surface area contributed by atoms with Crippen LogP contribution in [0.1, 0.15) is 26.0 Å². The summed E-state index contributed by atoms with van der Waals surface area (Å²) in [5, 5.41) is 12.3. The number of rotatable bonds is 6. The molecule has 0 amide bonds. The molecule has 1 aromatic heterocycles. The van der Waals surface area contributed by atoms with Crippen molar-refractivity contribution in [3.05, 3.63) is 22.8 Å². The van der Waals surface area contributed by atoms with Gasteiger partial charge in [0.1, 0.15) is 5.82 Å². The van der Waals surface area contributed by atoms with Gasteiger partial charge in [-0.2, -0.15) is 5.26 Å². The summed E-state index contributed by atoms with van der Waals surface area (Å²) in [7, 11) is 1.83. The Hall–Kier alpha value is -1.31. The van der Waals surface area contributed by atoms with Gasteiger partial charge in [-0.3, -0.25) is 4.90 Å². The van der Waals surface area contributed by atoms with Crippen molar-refractivity contribution in [2.45, 2.75) is 32.9 Å². The van der Waals surface area contributed by atoms with E-state index in [4.69, 9.17) is 16.9 Å². The Labute approximate surface area is 114 Å². The van der Waals surface area contributed by atoms with Gasteiger partial charge in [-0.15, -0.1) is 0 Å². The normalized spacial score (nSPS) is 10.7. The number of hydrogen-bond acceptors (Lipinski definition) is 4. The van der Waals surface area contributed by atoms with Crippen molar-refractivity contribution in [2.24, 2.45) is 0 Å². The molecule has 0 atom stereocenters. The van der Waals surface area contributed by atoms with E-state index in [0.29, 0.717) is 24.0 Å². The van der Waals surface area contributed by atoms with Crippen molar-refractivity contribution in [1.82, 2.24) is 9.88 Å². The predicted molar refractivity (Wildman–Crippen MR) is 74.6 cm³/mol. The fourth-order valence-electron chi connectivity index (χ4n) is 1.64. The molecule has 1 rings (SSSR count). The van der Waals surface area contributed by atoms with Crippen molar-refractivity contribution in [3.63, 3.8) is 0 Å². The van der Waals surface area contributed by atoms with Gasteiger partial charge >= 0.3 is 0 Å². The maximum absolute atomic E-state index is 8.67. The summed E-state index contributed by atoms with van der Waals surface area (Å²) < 4.78 is 0. The molecule has 0 aliphatic rings. The zero-order valence-corrected chi connectivity index (χ0v) is 11.8. The van der Waals surface area contributed by atoms with Crippen LogP contribution in [0.5, 0.6) is 0 Å². The maximum Gasteiger partial charge on any atom is 0.126 e. The second-order valence-corrected chi connectivity index (χ2v) is 4.75. The minimum Gasteiger partial charge on any atom is -0.373 e. The molecule has 0 unspecified atom stereocenters. The van der Waals surface area contributed by atoms with E-state index >= 15 is 0 Å². The second-order valence-electron chi connectivity index (χ2n) is 4.35. The molecule has 98 valence electrons. The van der Waals surface area contributed by atoms with Crippen LogP contribution >= 0.6 is 11.6 Å². The van der Waals surface area contributed by atoms with Crippen LogP contribution in [-0.2, 0) is 6.54 Å². The number of nitrogens with one attached hydrogen (secondary N) is 1. The Morgan fingerprint density at radius 3 is 2.78 bits per heavy atom. The number of aromatic nitrogens is 1. The first-order valence-electron chi connectivity index (χ1n) is 6.02. The van der Waals surface area contributed by atoms with E-state index in [-0.39, 0.29) is 0 Å². The Morgan fingerprint density at radius 2 is 2.22 bits per heavy atom. The smallest absolute Gasteiger partial charge is 0.126 e. The molecule has 0 aliphatic heterocycles. The summed E-state index contributed by atoms with van der Waals surface area (Å²) >= 11 is 6.15. The molecule has 0 saturated carbocycles. The van der Waals surface area contributed by atoms with Gasteiger partial charge in [0.2, 0.25) is 0 Å². The lowest BCUT2D eigenvalue weighted by atomic mass is 10.2. The average molecular weight is 267 g/mol. The highest BCUT2D eigenvalue weighted by Gasteiger charge is 2.13. The molecule has 18 heavy (non-hydrogen) atoms. The SMILES string of the molecule is CNc1ccc(Cl)c(CN(CCC#N)C(C)C)n1. The number of pyridine rings is 1. The van der Waals surface area contributed by atoms with E-state index in [2.05, 4.69) is 35.1 Å². The highest BCUT2D eigenvalue weighted by Crippen LogP contribution is 2.19. The first kappa shape index (κ1) is 14.7. The lowest BCUT2D eigenvalue weighted by Gasteiger charge is -2.25. The molecular weight excluding hydrogens is 248 g/mol. The van der Waals surface area contributed by atoms with Gasteiger partial charge in [0.05, 0.1) is 16.8 Å². The second kappa shape index (κ2) is 7.20. The van der Waals surface area contributed by atoms with Gasteiger partial charge in [0.25, 0.3) is 0 Å². The first-order chi connectivity index (χ1) is 8.58. The average Bonchev–Trinajstić information content (AvgIpc) is 2.36. The largest absolute Gasteiger partial charge is 0.373 e. The standard InChI is InChI=1S/C13H19ClN4/c1-10(2)18(8-4-7-15)9-12-11(14)5-6-13(16-3)17-12/h5-6,10H,4,8-9H2,1-3H3,(H,16,17). The van der Waals surface area contributed by atoms with Gasteiger partial charge in [0, 0.05) is 32.6 Å². The Bertz CT molecular complexity index is 425. The molecule has 0 saturated heterocycles. The Morgan fingerprint density at radius 1 is 1.50 bits per heavy atom. The van der Waals surface area contributed by atoms with Gasteiger partial charge in [-0.25, -0.2) is 4.98 Å². The topological polar surface area (TPSA) is 52.0 Å². The Balaban J connectivity index is 2.82. The van der Waals surface area contributed by atoms with E-state index in [9.17, 15) is 0 Å². The maximum atomic E-state index is 8.67. The summed E-state index contributed by atoms with van der Waals surface area (Å²) in [6.45, 7) is 5.60. The van der Waals surface area contributed by atoms with Gasteiger partial charge in [-0.1, -0.05) is 11.6 Å². The lowest BCUT2D eigenvalue weighted by Crippen LogP contribution is -2.31. The van der Waals surface area contributed by atoms with Crippen molar-refractivity contribution in [1.29, 1.82) is 5.26 Å². The summed E-state index contributed by atoms with van der Waals surface area (Å²) in [5.74, 6) is 0.804. The minimum atomic E-state index is 0.356. The number of halogens is 1. The van der Waals surface area contributed by atoms with Crippen LogP contribution in [0.4, 0.5) is 5.82 Å². The van der Waals surface area contributed by atoms with E-state index in [1.54, 1.807) is 0 Å². The molecular formula is C13H19ClN4. The van der Waals surface area contributed by atoms with Crippen molar-refractivity contribution in [2.75, 3.05) is 18.9 Å². The van der Waals surface area contributed by atoms with Gasteiger partial charge < -0.3 is 5.32 Å². The molecule has 1 aromatic rings. The molecule has 0 fully saturated rings. The number of nitriles is 1. The van der Waals surface area contributed by atoms with Crippen LogP contribution in [-0.4, -0.2) is 29.5 Å². The number of hydrogen-bond donors (Lipinski definition) is 1. The zero-order valence-electron chi connectivity index (χ0n) is 11.1. The van der Waals surface area contributed by atoms with Crippen LogP contribution in [0.15, 0.2) is 12.1 Å². The van der Waals surface area contributed by atoms with Crippen molar-refractivity contribution < 1.29 is 0 Å². The van der Waals surface area contributed by atoms with Crippen LogP contribution in [0, 0.1) is 11.3 Å². The van der Waals surface area contributed by atoms with Gasteiger partial charge in [-0.05, 0) is 26.0 Å². The molecule has 0 bridgehead atoms. The summed E-state index contributed by atoms with van der Waals surface area (Å²) in [6, 6.07) is 6.22. The summed E-state index contributed by atoms with van der Waals surface area (Å²) in [5.41, 5.74) is 0.843. The molecule has 4 nitrogen and oxygen atoms in total. The first-order valence-corrected chi connectivity index (χ1v) is 6.40. The molecule has 0 aliphatic carbocycles. The molecule has 1 N–H and O–H groups in total. The van der Waals surface area contributed by atoms with E-state index < -0.39 is 0 Å². The monoisotopic (exact) mass is 266 g/mol. The highest BCUT2D eigenvalue weighted by molar-refractivity contribution is 6.31. The van der Waals surface area contributed by atoms with Crippen LogP contribution in [0.25, 0.3) is 0 Å². The molecule has 5 heteroatoms. The quantitative estimate of drug-likeness (QED) is 0.860. The molecule has 0 spiro atoms. The van der Waals surface area contributed by atoms with E-state index in [1.807, 2.05) is 19.2 Å². The third-order valence-electron chi connectivity index (χ3n) is 2.77. The summed E-state index contributed by atoms with van der Waals surface area (Å²) in [6.07, 6.45) is 0.515. The fourth-order valence-corrected chi connectivity index (χ4v) is 1.81. The van der Waals surface area contributed by atoms with Crippen LogP contribution < -0.4 is 5.32 Å². The minimum absolute atomic E-state index is 0.356. The molecule has 0 radical (unpaired) electrons.